The minimum Gasteiger partial charge on any atom is -0.496 e. The van der Waals surface area contributed by atoms with Crippen molar-refractivity contribution in [3.8, 4) is 17.2 Å². The monoisotopic (exact) mass is 296 g/mol. The second-order valence-electron chi connectivity index (χ2n) is 4.69. The predicted octanol–water partition coefficient (Wildman–Crippen LogP) is 2.25. The molecule has 6 heteroatoms. The van der Waals surface area contributed by atoms with E-state index in [0.29, 0.717) is 17.2 Å². The molecule has 0 spiro atoms. The van der Waals surface area contributed by atoms with E-state index < -0.39 is 17.8 Å². The minimum atomic E-state index is -1.02. The molecule has 0 saturated carbocycles. The number of hydrogen-bond acceptors (Lipinski definition) is 5. The van der Waals surface area contributed by atoms with Gasteiger partial charge in [0.1, 0.15) is 5.75 Å². The summed E-state index contributed by atoms with van der Waals surface area (Å²) in [5.41, 5.74) is 0.274. The van der Waals surface area contributed by atoms with Crippen LogP contribution in [0.2, 0.25) is 0 Å². The Morgan fingerprint density at radius 2 is 1.38 bits per heavy atom. The Labute approximate surface area is 123 Å². The van der Waals surface area contributed by atoms with E-state index in [4.69, 9.17) is 19.3 Å². The molecular weight excluding hydrogens is 276 g/mol. The van der Waals surface area contributed by atoms with Crippen LogP contribution in [0.25, 0.3) is 0 Å². The second-order valence-corrected chi connectivity index (χ2v) is 4.69. The first-order valence-corrected chi connectivity index (χ1v) is 6.44. The fourth-order valence-electron chi connectivity index (χ4n) is 1.91. The topological polar surface area (TPSA) is 82.1 Å². The lowest BCUT2D eigenvalue weighted by molar-refractivity contribution is -0.142. The maximum Gasteiger partial charge on any atom is 0.306 e. The van der Waals surface area contributed by atoms with E-state index in [-0.39, 0.29) is 11.3 Å². The Morgan fingerprint density at radius 3 is 1.81 bits per heavy atom. The van der Waals surface area contributed by atoms with Gasteiger partial charge in [0.25, 0.3) is 0 Å². The van der Waals surface area contributed by atoms with Gasteiger partial charge in [-0.3, -0.25) is 9.59 Å². The van der Waals surface area contributed by atoms with Gasteiger partial charge in [0.05, 0.1) is 32.8 Å². The molecular formula is C15H20O6. The lowest BCUT2D eigenvalue weighted by Crippen LogP contribution is -2.25. The molecule has 1 aromatic carbocycles. The van der Waals surface area contributed by atoms with Gasteiger partial charge < -0.3 is 19.3 Å². The lowest BCUT2D eigenvalue weighted by Gasteiger charge is -2.18. The summed E-state index contributed by atoms with van der Waals surface area (Å²) in [7, 11) is 4.37. The van der Waals surface area contributed by atoms with E-state index in [1.54, 1.807) is 13.0 Å². The number of rotatable bonds is 7. The van der Waals surface area contributed by atoms with Crippen LogP contribution in [0.3, 0.4) is 0 Å². The van der Waals surface area contributed by atoms with Gasteiger partial charge >= 0.3 is 5.97 Å². The Balaban J connectivity index is 3.28. The summed E-state index contributed by atoms with van der Waals surface area (Å²) < 4.78 is 15.5. The maximum absolute atomic E-state index is 12.5. The quantitative estimate of drug-likeness (QED) is 0.777. The first-order valence-electron chi connectivity index (χ1n) is 6.44. The first-order chi connectivity index (χ1) is 9.87. The highest BCUT2D eigenvalue weighted by Crippen LogP contribution is 2.36. The van der Waals surface area contributed by atoms with Crippen LogP contribution in [0.1, 0.15) is 24.2 Å². The molecule has 0 bridgehead atoms. The van der Waals surface area contributed by atoms with Crippen LogP contribution in [0.4, 0.5) is 0 Å². The summed E-state index contributed by atoms with van der Waals surface area (Å²) >= 11 is 0. The Morgan fingerprint density at radius 1 is 0.905 bits per heavy atom. The summed E-state index contributed by atoms with van der Waals surface area (Å²) in [5, 5.41) is 9.03. The number of benzene rings is 1. The van der Waals surface area contributed by atoms with E-state index in [2.05, 4.69) is 0 Å². The van der Waals surface area contributed by atoms with Crippen molar-refractivity contribution < 1.29 is 28.9 Å². The summed E-state index contributed by atoms with van der Waals surface area (Å²) in [6.07, 6.45) is 0. The standard InChI is InChI=1S/C15H20O6/c1-8(9(2)15(17)18)14(16)10-6-12(20-4)13(21-5)7-11(10)19-3/h6-9H,1-5H3,(H,17,18). The molecule has 0 radical (unpaired) electrons. The Bertz CT molecular complexity index is 537. The highest BCUT2D eigenvalue weighted by Gasteiger charge is 2.29. The molecule has 1 N–H and O–H groups in total. The first kappa shape index (κ1) is 16.8. The van der Waals surface area contributed by atoms with Crippen molar-refractivity contribution in [1.82, 2.24) is 0 Å². The normalized spacial score (nSPS) is 13.2. The number of ether oxygens (including phenoxy) is 3. The molecule has 6 nitrogen and oxygen atoms in total. The molecule has 0 aromatic heterocycles. The zero-order valence-corrected chi connectivity index (χ0v) is 12.8. The summed E-state index contributed by atoms with van der Waals surface area (Å²) in [6.45, 7) is 3.08. The fraction of sp³-hybridized carbons (Fsp3) is 0.467. The van der Waals surface area contributed by atoms with Gasteiger partial charge in [-0.2, -0.15) is 0 Å². The smallest absolute Gasteiger partial charge is 0.306 e. The highest BCUT2D eigenvalue weighted by atomic mass is 16.5. The summed E-state index contributed by atoms with van der Waals surface area (Å²) in [4.78, 5) is 23.5. The third-order valence-electron chi connectivity index (χ3n) is 3.52. The number of ketones is 1. The van der Waals surface area contributed by atoms with E-state index in [1.165, 1.54) is 34.3 Å². The van der Waals surface area contributed by atoms with Crippen molar-refractivity contribution in [2.45, 2.75) is 13.8 Å². The van der Waals surface area contributed by atoms with Crippen molar-refractivity contribution in [1.29, 1.82) is 0 Å². The zero-order chi connectivity index (χ0) is 16.2. The number of hydrogen-bond donors (Lipinski definition) is 1. The van der Waals surface area contributed by atoms with Crippen molar-refractivity contribution in [3.05, 3.63) is 17.7 Å². The second kappa shape index (κ2) is 6.97. The molecule has 0 aliphatic rings. The van der Waals surface area contributed by atoms with E-state index in [1.807, 2.05) is 0 Å². The molecule has 2 atom stereocenters. The third kappa shape index (κ3) is 3.45. The van der Waals surface area contributed by atoms with Crippen molar-refractivity contribution >= 4 is 11.8 Å². The van der Waals surface area contributed by atoms with Crippen LogP contribution >= 0.6 is 0 Å². The van der Waals surface area contributed by atoms with Crippen LogP contribution in [0, 0.1) is 11.8 Å². The van der Waals surface area contributed by atoms with E-state index in [0.717, 1.165) is 0 Å². The van der Waals surface area contributed by atoms with Gasteiger partial charge in [-0.25, -0.2) is 0 Å². The highest BCUT2D eigenvalue weighted by molar-refractivity contribution is 6.02. The molecule has 2 unspecified atom stereocenters. The number of carbonyl (C=O) groups is 2. The predicted molar refractivity (Wildman–Crippen MR) is 76.4 cm³/mol. The number of carbonyl (C=O) groups excluding carboxylic acids is 1. The Kier molecular flexibility index (Phi) is 5.58. The maximum atomic E-state index is 12.5. The van der Waals surface area contributed by atoms with Gasteiger partial charge in [0, 0.05) is 12.0 Å². The summed E-state index contributed by atoms with van der Waals surface area (Å²) in [5.74, 6) is -1.67. The van der Waals surface area contributed by atoms with Gasteiger partial charge in [0.15, 0.2) is 17.3 Å². The number of aliphatic carboxylic acids is 1. The molecule has 116 valence electrons. The summed E-state index contributed by atoms with van der Waals surface area (Å²) in [6, 6.07) is 3.05. The lowest BCUT2D eigenvalue weighted by atomic mass is 9.88. The number of carboxylic acids is 1. The van der Waals surface area contributed by atoms with Gasteiger partial charge in [0.2, 0.25) is 0 Å². The molecule has 21 heavy (non-hydrogen) atoms. The molecule has 0 aliphatic heterocycles. The van der Waals surface area contributed by atoms with Gasteiger partial charge in [-0.05, 0) is 6.07 Å². The third-order valence-corrected chi connectivity index (χ3v) is 3.52. The largest absolute Gasteiger partial charge is 0.496 e. The minimum absolute atomic E-state index is 0.274. The van der Waals surface area contributed by atoms with Crippen molar-refractivity contribution in [2.24, 2.45) is 11.8 Å². The molecule has 0 fully saturated rings. The molecule has 0 amide bonds. The number of carboxylic acid groups (broad SMARTS) is 1. The SMILES string of the molecule is COc1cc(OC)c(C(=O)C(C)C(C)C(=O)O)cc1OC. The van der Waals surface area contributed by atoms with Crippen molar-refractivity contribution in [3.63, 3.8) is 0 Å². The number of methoxy groups -OCH3 is 3. The Hall–Kier alpha value is -2.24. The van der Waals surface area contributed by atoms with Crippen LogP contribution in [0.15, 0.2) is 12.1 Å². The van der Waals surface area contributed by atoms with E-state index in [9.17, 15) is 9.59 Å². The van der Waals surface area contributed by atoms with E-state index >= 15 is 0 Å². The zero-order valence-electron chi connectivity index (χ0n) is 12.8. The van der Waals surface area contributed by atoms with Crippen molar-refractivity contribution in [2.75, 3.05) is 21.3 Å². The molecule has 0 heterocycles. The van der Waals surface area contributed by atoms with Crippen LogP contribution < -0.4 is 14.2 Å². The van der Waals surface area contributed by atoms with Crippen LogP contribution in [-0.4, -0.2) is 38.2 Å². The van der Waals surface area contributed by atoms with Crippen LogP contribution in [-0.2, 0) is 4.79 Å². The molecule has 0 saturated heterocycles. The molecule has 0 aliphatic carbocycles. The van der Waals surface area contributed by atoms with Gasteiger partial charge in [-0.15, -0.1) is 0 Å². The fourth-order valence-corrected chi connectivity index (χ4v) is 1.91. The molecule has 1 aromatic rings. The average molecular weight is 296 g/mol. The average Bonchev–Trinajstić information content (AvgIpc) is 2.50. The number of Topliss-reactive ketones (excluding diaryl/α,β-unsaturated/α-hetero) is 1. The van der Waals surface area contributed by atoms with Gasteiger partial charge in [-0.1, -0.05) is 13.8 Å². The van der Waals surface area contributed by atoms with Crippen LogP contribution in [0.5, 0.6) is 17.2 Å². The molecule has 1 rings (SSSR count).